The van der Waals surface area contributed by atoms with Crippen molar-refractivity contribution in [3.8, 4) is 11.8 Å². The van der Waals surface area contributed by atoms with Gasteiger partial charge in [-0.05, 0) is 31.2 Å². The van der Waals surface area contributed by atoms with Crippen LogP contribution in [-0.4, -0.2) is 16.2 Å². The zero-order valence-corrected chi connectivity index (χ0v) is 10.8. The summed E-state index contributed by atoms with van der Waals surface area (Å²) in [6, 6.07) is 9.46. The number of aromatic nitrogens is 2. The van der Waals surface area contributed by atoms with E-state index < -0.39 is 0 Å². The number of aryl methyl sites for hydroxylation is 1. The van der Waals surface area contributed by atoms with Gasteiger partial charge >= 0.3 is 0 Å². The van der Waals surface area contributed by atoms with Crippen molar-refractivity contribution < 1.29 is 4.74 Å². The van der Waals surface area contributed by atoms with Crippen LogP contribution in [0.2, 0.25) is 0 Å². The molecule has 0 fully saturated rings. The van der Waals surface area contributed by atoms with Crippen molar-refractivity contribution in [3.63, 3.8) is 0 Å². The number of imidazole rings is 1. The van der Waals surface area contributed by atoms with Gasteiger partial charge in [0, 0.05) is 24.6 Å². The van der Waals surface area contributed by atoms with E-state index in [1.807, 2.05) is 36.5 Å². The standard InChI is InChI=1S/C14H16N4O/c1-2-18-9-8-16-14(18)11-17-12-3-5-13(6-4-12)19-10-7-15/h3-6,8-9,17H,2,10-11H2,1H3. The second-order valence-corrected chi connectivity index (χ2v) is 3.95. The lowest BCUT2D eigenvalue weighted by Gasteiger charge is -2.08. The average Bonchev–Trinajstić information content (AvgIpc) is 2.91. The Balaban J connectivity index is 1.91. The lowest BCUT2D eigenvalue weighted by atomic mass is 10.3. The third-order valence-electron chi connectivity index (χ3n) is 2.75. The molecular formula is C14H16N4O. The molecule has 2 rings (SSSR count). The summed E-state index contributed by atoms with van der Waals surface area (Å²) in [5.41, 5.74) is 0.995. The molecule has 0 spiro atoms. The van der Waals surface area contributed by atoms with Crippen molar-refractivity contribution in [1.29, 1.82) is 5.26 Å². The van der Waals surface area contributed by atoms with Crippen LogP contribution in [0.1, 0.15) is 12.7 Å². The number of ether oxygens (including phenoxy) is 1. The van der Waals surface area contributed by atoms with Crippen LogP contribution in [0.4, 0.5) is 5.69 Å². The fraction of sp³-hybridized carbons (Fsp3) is 0.286. The highest BCUT2D eigenvalue weighted by atomic mass is 16.5. The predicted octanol–water partition coefficient (Wildman–Crippen LogP) is 2.42. The maximum Gasteiger partial charge on any atom is 0.174 e. The third kappa shape index (κ3) is 3.49. The van der Waals surface area contributed by atoms with Crippen LogP contribution in [0.15, 0.2) is 36.7 Å². The smallest absolute Gasteiger partial charge is 0.174 e. The van der Waals surface area contributed by atoms with Gasteiger partial charge in [0.05, 0.1) is 6.54 Å². The summed E-state index contributed by atoms with van der Waals surface area (Å²) in [6.07, 6.45) is 3.77. The zero-order chi connectivity index (χ0) is 13.5. The van der Waals surface area contributed by atoms with Crippen molar-refractivity contribution >= 4 is 5.69 Å². The van der Waals surface area contributed by atoms with Crippen LogP contribution in [0.3, 0.4) is 0 Å². The maximum atomic E-state index is 8.42. The topological polar surface area (TPSA) is 62.9 Å². The number of rotatable bonds is 6. The fourth-order valence-corrected chi connectivity index (χ4v) is 1.76. The maximum absolute atomic E-state index is 8.42. The summed E-state index contributed by atoms with van der Waals surface area (Å²) >= 11 is 0. The van der Waals surface area contributed by atoms with Gasteiger partial charge in [-0.2, -0.15) is 5.26 Å². The highest BCUT2D eigenvalue weighted by Crippen LogP contribution is 2.16. The van der Waals surface area contributed by atoms with Gasteiger partial charge in [0.1, 0.15) is 17.6 Å². The summed E-state index contributed by atoms with van der Waals surface area (Å²) in [7, 11) is 0. The Hall–Kier alpha value is -2.48. The Bertz CT molecular complexity index is 554. The predicted molar refractivity (Wildman–Crippen MR) is 72.8 cm³/mol. The first-order valence-electron chi connectivity index (χ1n) is 6.17. The SMILES string of the molecule is CCn1ccnc1CNc1ccc(OCC#N)cc1. The molecule has 0 aliphatic carbocycles. The number of hydrogen-bond acceptors (Lipinski definition) is 4. The molecule has 98 valence electrons. The van der Waals surface area contributed by atoms with Crippen molar-refractivity contribution in [2.75, 3.05) is 11.9 Å². The van der Waals surface area contributed by atoms with E-state index in [0.29, 0.717) is 12.3 Å². The van der Waals surface area contributed by atoms with E-state index >= 15 is 0 Å². The molecule has 0 atom stereocenters. The van der Waals surface area contributed by atoms with Crippen LogP contribution in [0.25, 0.3) is 0 Å². The van der Waals surface area contributed by atoms with Gasteiger partial charge in [-0.15, -0.1) is 0 Å². The van der Waals surface area contributed by atoms with Gasteiger partial charge in [-0.3, -0.25) is 0 Å². The molecule has 2 aromatic rings. The van der Waals surface area contributed by atoms with Crippen LogP contribution >= 0.6 is 0 Å². The molecular weight excluding hydrogens is 240 g/mol. The van der Waals surface area contributed by atoms with Gasteiger partial charge in [0.15, 0.2) is 6.61 Å². The summed E-state index contributed by atoms with van der Waals surface area (Å²) in [4.78, 5) is 4.30. The highest BCUT2D eigenvalue weighted by Gasteiger charge is 2.01. The first kappa shape index (κ1) is 13.0. The van der Waals surface area contributed by atoms with Crippen LogP contribution < -0.4 is 10.1 Å². The first-order chi connectivity index (χ1) is 9.33. The normalized spacial score (nSPS) is 9.89. The number of benzene rings is 1. The number of nitriles is 1. The van der Waals surface area contributed by atoms with E-state index in [1.54, 1.807) is 6.20 Å². The minimum absolute atomic E-state index is 0.0701. The average molecular weight is 256 g/mol. The number of nitrogens with one attached hydrogen (secondary N) is 1. The summed E-state index contributed by atoms with van der Waals surface area (Å²) in [6.45, 7) is 3.75. The Morgan fingerprint density at radius 2 is 2.16 bits per heavy atom. The number of nitrogens with zero attached hydrogens (tertiary/aromatic N) is 3. The van der Waals surface area contributed by atoms with E-state index in [-0.39, 0.29) is 6.61 Å². The molecule has 5 nitrogen and oxygen atoms in total. The molecule has 0 radical (unpaired) electrons. The van der Waals surface area contributed by atoms with Crippen LogP contribution in [0.5, 0.6) is 5.75 Å². The molecule has 19 heavy (non-hydrogen) atoms. The van der Waals surface area contributed by atoms with E-state index in [0.717, 1.165) is 18.1 Å². The quantitative estimate of drug-likeness (QED) is 0.862. The number of anilines is 1. The minimum atomic E-state index is 0.0701. The van der Waals surface area contributed by atoms with Crippen LogP contribution in [-0.2, 0) is 13.1 Å². The van der Waals surface area contributed by atoms with Crippen molar-refractivity contribution in [2.24, 2.45) is 0 Å². The largest absolute Gasteiger partial charge is 0.479 e. The summed E-state index contributed by atoms with van der Waals surface area (Å²) in [5.74, 6) is 1.70. The van der Waals surface area contributed by atoms with Gasteiger partial charge < -0.3 is 14.6 Å². The van der Waals surface area contributed by atoms with E-state index in [2.05, 4.69) is 21.8 Å². The fourth-order valence-electron chi connectivity index (χ4n) is 1.76. The van der Waals surface area contributed by atoms with Gasteiger partial charge in [-0.25, -0.2) is 4.98 Å². The molecule has 5 heteroatoms. The Kier molecular flexibility index (Phi) is 4.40. The molecule has 1 N–H and O–H groups in total. The molecule has 0 bridgehead atoms. The molecule has 0 aliphatic rings. The molecule has 0 saturated carbocycles. The van der Waals surface area contributed by atoms with E-state index in [1.165, 1.54) is 0 Å². The Labute approximate surface area is 112 Å². The highest BCUT2D eigenvalue weighted by molar-refractivity contribution is 5.46. The Morgan fingerprint density at radius 1 is 1.37 bits per heavy atom. The molecule has 1 aromatic carbocycles. The summed E-state index contributed by atoms with van der Waals surface area (Å²) < 4.78 is 7.29. The molecule has 0 amide bonds. The van der Waals surface area contributed by atoms with Crippen molar-refractivity contribution in [3.05, 3.63) is 42.5 Å². The second kappa shape index (κ2) is 6.45. The molecule has 0 aliphatic heterocycles. The van der Waals surface area contributed by atoms with Crippen molar-refractivity contribution in [2.45, 2.75) is 20.0 Å². The Morgan fingerprint density at radius 3 is 2.84 bits per heavy atom. The monoisotopic (exact) mass is 256 g/mol. The lowest BCUT2D eigenvalue weighted by Crippen LogP contribution is -2.07. The molecule has 0 saturated heterocycles. The van der Waals surface area contributed by atoms with Gasteiger partial charge in [0.25, 0.3) is 0 Å². The van der Waals surface area contributed by atoms with Gasteiger partial charge in [-0.1, -0.05) is 0 Å². The van der Waals surface area contributed by atoms with Crippen molar-refractivity contribution in [1.82, 2.24) is 9.55 Å². The zero-order valence-electron chi connectivity index (χ0n) is 10.8. The molecule has 1 aromatic heterocycles. The van der Waals surface area contributed by atoms with E-state index in [9.17, 15) is 0 Å². The summed E-state index contributed by atoms with van der Waals surface area (Å²) in [5, 5.41) is 11.7. The number of hydrogen-bond donors (Lipinski definition) is 1. The molecule has 1 heterocycles. The van der Waals surface area contributed by atoms with E-state index in [4.69, 9.17) is 10.00 Å². The lowest BCUT2D eigenvalue weighted by molar-refractivity contribution is 0.368. The first-order valence-corrected chi connectivity index (χ1v) is 6.17. The second-order valence-electron chi connectivity index (χ2n) is 3.95. The molecule has 0 unspecified atom stereocenters. The minimum Gasteiger partial charge on any atom is -0.479 e. The third-order valence-corrected chi connectivity index (χ3v) is 2.75. The van der Waals surface area contributed by atoms with Gasteiger partial charge in [0.2, 0.25) is 0 Å². The van der Waals surface area contributed by atoms with Crippen LogP contribution in [0, 0.1) is 11.3 Å².